The zero-order valence-corrected chi connectivity index (χ0v) is 15.1. The van der Waals surface area contributed by atoms with E-state index in [0.29, 0.717) is 31.6 Å². The molecule has 3 amide bonds. The van der Waals surface area contributed by atoms with E-state index in [9.17, 15) is 19.5 Å². The minimum absolute atomic E-state index is 0.0569. The molecular weight excluding hydrogens is 348 g/mol. The van der Waals surface area contributed by atoms with Crippen LogP contribution in [0.5, 0.6) is 0 Å². The highest BCUT2D eigenvalue weighted by Crippen LogP contribution is 2.31. The molecule has 1 aromatic rings. The lowest BCUT2D eigenvalue weighted by atomic mass is 10.0. The summed E-state index contributed by atoms with van der Waals surface area (Å²) < 4.78 is 0. The van der Waals surface area contributed by atoms with Gasteiger partial charge in [0.25, 0.3) is 5.91 Å². The van der Waals surface area contributed by atoms with Gasteiger partial charge in [0.15, 0.2) is 0 Å². The van der Waals surface area contributed by atoms with Crippen molar-refractivity contribution in [3.05, 3.63) is 34.9 Å². The highest BCUT2D eigenvalue weighted by molar-refractivity contribution is 6.05. The highest BCUT2D eigenvalue weighted by atomic mass is 16.3. The van der Waals surface area contributed by atoms with Crippen LogP contribution in [-0.4, -0.2) is 63.9 Å². The van der Waals surface area contributed by atoms with Gasteiger partial charge < -0.3 is 15.7 Å². The average Bonchev–Trinajstić information content (AvgIpc) is 3.17. The maximum absolute atomic E-state index is 13.1. The second-order valence-corrected chi connectivity index (χ2v) is 7.83. The zero-order chi connectivity index (χ0) is 19.2. The van der Waals surface area contributed by atoms with Crippen LogP contribution in [0.15, 0.2) is 18.2 Å². The molecule has 4 N–H and O–H groups in total. The normalized spacial score (nSPS) is 28.6. The first-order chi connectivity index (χ1) is 12.9. The third-order valence-corrected chi connectivity index (χ3v) is 5.81. The lowest BCUT2D eigenvalue weighted by molar-refractivity contribution is -0.136. The van der Waals surface area contributed by atoms with Crippen molar-refractivity contribution in [2.45, 2.75) is 43.9 Å². The zero-order valence-electron chi connectivity index (χ0n) is 15.1. The Balaban J connectivity index is 1.54. The fraction of sp³-hybridized carbons (Fsp3) is 0.526. The number of piperidine rings is 1. The number of likely N-dealkylation sites (tertiary alicyclic amines) is 1. The van der Waals surface area contributed by atoms with Crippen LogP contribution in [0.1, 0.15) is 40.7 Å². The Kier molecular flexibility index (Phi) is 4.49. The van der Waals surface area contributed by atoms with Crippen LogP contribution in [-0.2, 0) is 22.7 Å². The van der Waals surface area contributed by atoms with Crippen LogP contribution in [0.25, 0.3) is 0 Å². The Bertz CT molecular complexity index is 811. The van der Waals surface area contributed by atoms with Crippen molar-refractivity contribution in [3.8, 4) is 0 Å². The van der Waals surface area contributed by atoms with E-state index in [1.165, 1.54) is 0 Å². The number of rotatable bonds is 4. The Morgan fingerprint density at radius 3 is 2.81 bits per heavy atom. The maximum Gasteiger partial charge on any atom is 0.255 e. The van der Waals surface area contributed by atoms with Gasteiger partial charge in [-0.3, -0.25) is 24.6 Å². The Labute approximate surface area is 157 Å². The summed E-state index contributed by atoms with van der Waals surface area (Å²) in [5.41, 5.74) is 8.04. The lowest BCUT2D eigenvalue weighted by Gasteiger charge is -2.29. The molecule has 0 bridgehead atoms. The fourth-order valence-corrected chi connectivity index (χ4v) is 4.31. The van der Waals surface area contributed by atoms with E-state index < -0.39 is 17.5 Å². The standard InChI is InChI=1S/C19H24N4O4/c20-19(11-24)6-7-22(10-19)8-12-2-1-3-13-9-23(18(27)16(12)13)14-4-5-15(25)21-17(14)26/h1-3,14,24H,4-11,20H2,(H,21,25,26). The smallest absolute Gasteiger partial charge is 0.255 e. The van der Waals surface area contributed by atoms with Crippen molar-refractivity contribution < 1.29 is 19.5 Å². The van der Waals surface area contributed by atoms with E-state index in [2.05, 4.69) is 10.2 Å². The summed E-state index contributed by atoms with van der Waals surface area (Å²) in [7, 11) is 0. The van der Waals surface area contributed by atoms with Crippen LogP contribution < -0.4 is 11.1 Å². The van der Waals surface area contributed by atoms with Gasteiger partial charge in [-0.05, 0) is 24.0 Å². The molecule has 3 aliphatic rings. The van der Waals surface area contributed by atoms with E-state index in [1.54, 1.807) is 4.90 Å². The number of nitrogens with one attached hydrogen (secondary N) is 1. The predicted octanol–water partition coefficient (Wildman–Crippen LogP) is -0.657. The van der Waals surface area contributed by atoms with E-state index in [0.717, 1.165) is 24.1 Å². The number of benzene rings is 1. The molecule has 0 aromatic heterocycles. The molecule has 1 aromatic carbocycles. The number of fused-ring (bicyclic) bond motifs is 1. The number of aliphatic hydroxyl groups is 1. The maximum atomic E-state index is 13.1. The minimum Gasteiger partial charge on any atom is -0.394 e. The quantitative estimate of drug-likeness (QED) is 0.605. The molecule has 0 saturated carbocycles. The molecule has 4 rings (SSSR count). The van der Waals surface area contributed by atoms with Gasteiger partial charge in [0, 0.05) is 38.2 Å². The van der Waals surface area contributed by atoms with Gasteiger partial charge in [-0.15, -0.1) is 0 Å². The van der Waals surface area contributed by atoms with Gasteiger partial charge in [0.05, 0.1) is 12.1 Å². The summed E-state index contributed by atoms with van der Waals surface area (Å²) in [5.74, 6) is -0.843. The number of aliphatic hydroxyl groups excluding tert-OH is 1. The van der Waals surface area contributed by atoms with Crippen molar-refractivity contribution in [2.75, 3.05) is 19.7 Å². The first-order valence-corrected chi connectivity index (χ1v) is 9.28. The molecule has 2 saturated heterocycles. The first-order valence-electron chi connectivity index (χ1n) is 9.28. The monoisotopic (exact) mass is 372 g/mol. The van der Waals surface area contributed by atoms with Crippen molar-refractivity contribution in [2.24, 2.45) is 5.73 Å². The van der Waals surface area contributed by atoms with E-state index in [-0.39, 0.29) is 24.8 Å². The van der Waals surface area contributed by atoms with Gasteiger partial charge in [0.2, 0.25) is 11.8 Å². The number of carbonyl (C=O) groups excluding carboxylic acids is 3. The SMILES string of the molecule is NC1(CO)CCN(Cc2cccc3c2C(=O)N(C2CCC(=O)NC2=O)C3)C1. The Morgan fingerprint density at radius 1 is 1.30 bits per heavy atom. The second-order valence-electron chi connectivity index (χ2n) is 7.83. The van der Waals surface area contributed by atoms with Gasteiger partial charge in [0.1, 0.15) is 6.04 Å². The van der Waals surface area contributed by atoms with Crippen molar-refractivity contribution in [1.82, 2.24) is 15.1 Å². The van der Waals surface area contributed by atoms with Gasteiger partial charge in [-0.25, -0.2) is 0 Å². The van der Waals surface area contributed by atoms with E-state index in [4.69, 9.17) is 5.73 Å². The van der Waals surface area contributed by atoms with Crippen molar-refractivity contribution in [3.63, 3.8) is 0 Å². The summed E-state index contributed by atoms with van der Waals surface area (Å²) in [6.07, 6.45) is 1.32. The lowest BCUT2D eigenvalue weighted by Crippen LogP contribution is -2.52. The predicted molar refractivity (Wildman–Crippen MR) is 96.4 cm³/mol. The topological polar surface area (TPSA) is 116 Å². The van der Waals surface area contributed by atoms with E-state index >= 15 is 0 Å². The van der Waals surface area contributed by atoms with Crippen LogP contribution in [0.3, 0.4) is 0 Å². The van der Waals surface area contributed by atoms with Crippen LogP contribution in [0.2, 0.25) is 0 Å². The summed E-state index contributed by atoms with van der Waals surface area (Å²) in [6, 6.07) is 5.16. The van der Waals surface area contributed by atoms with Gasteiger partial charge in [-0.1, -0.05) is 18.2 Å². The number of nitrogens with two attached hydrogens (primary N) is 1. The van der Waals surface area contributed by atoms with Gasteiger partial charge in [-0.2, -0.15) is 0 Å². The molecule has 0 radical (unpaired) electrons. The van der Waals surface area contributed by atoms with Crippen molar-refractivity contribution >= 4 is 17.7 Å². The highest BCUT2D eigenvalue weighted by Gasteiger charge is 2.40. The number of amides is 3. The second kappa shape index (κ2) is 6.70. The molecule has 8 heteroatoms. The first kappa shape index (κ1) is 18.1. The molecule has 27 heavy (non-hydrogen) atoms. The van der Waals surface area contributed by atoms with Crippen LogP contribution >= 0.6 is 0 Å². The molecule has 3 aliphatic heterocycles. The molecule has 0 spiro atoms. The average molecular weight is 372 g/mol. The number of hydrogen-bond donors (Lipinski definition) is 3. The van der Waals surface area contributed by atoms with Crippen LogP contribution in [0.4, 0.5) is 0 Å². The molecule has 2 atom stereocenters. The molecule has 3 heterocycles. The molecule has 8 nitrogen and oxygen atoms in total. The number of nitrogens with zero attached hydrogens (tertiary/aromatic N) is 2. The molecule has 0 aliphatic carbocycles. The Hall–Kier alpha value is -2.29. The number of imide groups is 1. The van der Waals surface area contributed by atoms with Crippen LogP contribution in [0, 0.1) is 0 Å². The summed E-state index contributed by atoms with van der Waals surface area (Å²) in [6.45, 7) is 2.26. The summed E-state index contributed by atoms with van der Waals surface area (Å²) >= 11 is 0. The third kappa shape index (κ3) is 3.24. The molecule has 2 unspecified atom stereocenters. The van der Waals surface area contributed by atoms with Gasteiger partial charge >= 0.3 is 0 Å². The molecular formula is C19H24N4O4. The minimum atomic E-state index is -0.603. The Morgan fingerprint density at radius 2 is 2.11 bits per heavy atom. The third-order valence-electron chi connectivity index (χ3n) is 5.81. The molecule has 144 valence electrons. The summed E-state index contributed by atoms with van der Waals surface area (Å²) in [5, 5.41) is 11.8. The molecule has 2 fully saturated rings. The fourth-order valence-electron chi connectivity index (χ4n) is 4.31. The van der Waals surface area contributed by atoms with E-state index in [1.807, 2.05) is 18.2 Å². The number of carbonyl (C=O) groups is 3. The summed E-state index contributed by atoms with van der Waals surface area (Å²) in [4.78, 5) is 40.4. The number of hydrogen-bond acceptors (Lipinski definition) is 6. The van der Waals surface area contributed by atoms with Crippen molar-refractivity contribution in [1.29, 1.82) is 0 Å². The largest absolute Gasteiger partial charge is 0.394 e.